The van der Waals surface area contributed by atoms with Gasteiger partial charge in [0.25, 0.3) is 0 Å². The highest BCUT2D eigenvalue weighted by Crippen LogP contribution is 2.34. The number of hydrogen-bond acceptors (Lipinski definition) is 3. The van der Waals surface area contributed by atoms with Crippen molar-refractivity contribution in [2.45, 2.75) is 44.3 Å². The van der Waals surface area contributed by atoms with E-state index in [0.29, 0.717) is 12.6 Å². The Labute approximate surface area is 133 Å². The van der Waals surface area contributed by atoms with Crippen molar-refractivity contribution in [2.24, 2.45) is 0 Å². The van der Waals surface area contributed by atoms with Crippen molar-refractivity contribution in [1.29, 1.82) is 0 Å². The lowest BCUT2D eigenvalue weighted by atomic mass is 10.1. The molecule has 1 aromatic carbocycles. The van der Waals surface area contributed by atoms with Gasteiger partial charge in [-0.25, -0.2) is 0 Å². The number of hydrogen-bond donors (Lipinski definition) is 1. The third-order valence-corrected chi connectivity index (χ3v) is 4.96. The number of fused-ring (bicyclic) bond motifs is 1. The summed E-state index contributed by atoms with van der Waals surface area (Å²) < 4.78 is 6.83. The quantitative estimate of drug-likeness (QED) is 0.905. The fourth-order valence-corrected chi connectivity index (χ4v) is 3.81. The predicted octanol–water partition coefficient (Wildman–Crippen LogP) is 2.24. The van der Waals surface area contributed by atoms with Crippen molar-refractivity contribution in [1.82, 2.24) is 10.2 Å². The van der Waals surface area contributed by atoms with Gasteiger partial charge >= 0.3 is 0 Å². The second-order valence-corrected chi connectivity index (χ2v) is 7.11. The third-order valence-electron chi connectivity index (χ3n) is 4.50. The summed E-state index contributed by atoms with van der Waals surface area (Å²) in [4.78, 5) is 14.4. The largest absolute Gasteiger partial charge is 0.493 e. The summed E-state index contributed by atoms with van der Waals surface area (Å²) in [5, 5.41) is 3.45. The number of amides is 1. The highest BCUT2D eigenvalue weighted by molar-refractivity contribution is 9.10. The predicted molar refractivity (Wildman–Crippen MR) is 83.3 cm³/mol. The maximum atomic E-state index is 12.5. The number of halogens is 1. The van der Waals surface area contributed by atoms with Gasteiger partial charge in [-0.15, -0.1) is 0 Å². The second-order valence-electron chi connectivity index (χ2n) is 6.19. The van der Waals surface area contributed by atoms with Crippen LogP contribution in [-0.4, -0.2) is 36.0 Å². The van der Waals surface area contributed by atoms with Gasteiger partial charge in [-0.05, 0) is 37.0 Å². The highest BCUT2D eigenvalue weighted by atomic mass is 79.9. The van der Waals surface area contributed by atoms with Crippen LogP contribution in [0.2, 0.25) is 0 Å². The molecule has 3 aliphatic rings. The SMILES string of the molecule is O=C1C(NC2CC2)CCN1Cc1cc(Br)cc2c1OCC2. The highest BCUT2D eigenvalue weighted by Gasteiger charge is 2.36. The van der Waals surface area contributed by atoms with Gasteiger partial charge in [-0.3, -0.25) is 4.79 Å². The first-order chi connectivity index (χ1) is 10.2. The molecule has 0 bridgehead atoms. The molecule has 1 aromatic rings. The second kappa shape index (κ2) is 5.29. The normalized spacial score (nSPS) is 24.3. The molecule has 0 aromatic heterocycles. The molecule has 1 aliphatic carbocycles. The van der Waals surface area contributed by atoms with Gasteiger partial charge in [-0.1, -0.05) is 15.9 Å². The molecule has 2 heterocycles. The maximum Gasteiger partial charge on any atom is 0.240 e. The van der Waals surface area contributed by atoms with Crippen LogP contribution in [0.15, 0.2) is 16.6 Å². The van der Waals surface area contributed by atoms with Crippen molar-refractivity contribution < 1.29 is 9.53 Å². The minimum atomic E-state index is 0.0265. The van der Waals surface area contributed by atoms with Crippen LogP contribution in [0.4, 0.5) is 0 Å². The minimum absolute atomic E-state index is 0.0265. The van der Waals surface area contributed by atoms with Crippen LogP contribution >= 0.6 is 15.9 Å². The van der Waals surface area contributed by atoms with Gasteiger partial charge in [0.15, 0.2) is 0 Å². The monoisotopic (exact) mass is 350 g/mol. The molecule has 4 rings (SSSR count). The molecule has 4 nitrogen and oxygen atoms in total. The van der Waals surface area contributed by atoms with Crippen LogP contribution in [0.5, 0.6) is 5.75 Å². The van der Waals surface area contributed by atoms with Crippen LogP contribution in [0.1, 0.15) is 30.4 Å². The molecule has 1 atom stereocenters. The zero-order valence-electron chi connectivity index (χ0n) is 11.9. The van der Waals surface area contributed by atoms with E-state index in [-0.39, 0.29) is 11.9 Å². The van der Waals surface area contributed by atoms with E-state index < -0.39 is 0 Å². The molecule has 1 saturated carbocycles. The van der Waals surface area contributed by atoms with Crippen molar-refractivity contribution in [3.8, 4) is 5.75 Å². The van der Waals surface area contributed by atoms with Gasteiger partial charge in [0.1, 0.15) is 5.75 Å². The van der Waals surface area contributed by atoms with Crippen molar-refractivity contribution in [2.75, 3.05) is 13.2 Å². The lowest BCUT2D eigenvalue weighted by Gasteiger charge is -2.19. The Morgan fingerprint density at radius 3 is 3.00 bits per heavy atom. The van der Waals surface area contributed by atoms with Crippen LogP contribution in [0, 0.1) is 0 Å². The summed E-state index contributed by atoms with van der Waals surface area (Å²) in [5.74, 6) is 1.23. The van der Waals surface area contributed by atoms with Crippen molar-refractivity contribution in [3.05, 3.63) is 27.7 Å². The van der Waals surface area contributed by atoms with Gasteiger partial charge < -0.3 is 15.0 Å². The Balaban J connectivity index is 1.50. The summed E-state index contributed by atoms with van der Waals surface area (Å²) in [6, 6.07) is 4.81. The van der Waals surface area contributed by atoms with Gasteiger partial charge in [0.05, 0.1) is 12.6 Å². The summed E-state index contributed by atoms with van der Waals surface area (Å²) in [5.41, 5.74) is 2.37. The molecule has 5 heteroatoms. The number of carbonyl (C=O) groups is 1. The first-order valence-electron chi connectivity index (χ1n) is 7.69. The summed E-state index contributed by atoms with van der Waals surface area (Å²) in [7, 11) is 0. The van der Waals surface area contributed by atoms with E-state index in [0.717, 1.165) is 41.8 Å². The van der Waals surface area contributed by atoms with Crippen molar-refractivity contribution in [3.63, 3.8) is 0 Å². The Morgan fingerprint density at radius 1 is 1.33 bits per heavy atom. The Morgan fingerprint density at radius 2 is 2.19 bits per heavy atom. The average Bonchev–Trinajstić information content (AvgIpc) is 3.04. The van der Waals surface area contributed by atoms with E-state index in [1.165, 1.54) is 18.4 Å². The van der Waals surface area contributed by atoms with Crippen LogP contribution in [-0.2, 0) is 17.8 Å². The zero-order chi connectivity index (χ0) is 14.4. The Kier molecular flexibility index (Phi) is 3.42. The topological polar surface area (TPSA) is 41.6 Å². The van der Waals surface area contributed by atoms with E-state index in [1.807, 2.05) is 4.90 Å². The van der Waals surface area contributed by atoms with Gasteiger partial charge in [0, 0.05) is 35.6 Å². The third kappa shape index (κ3) is 2.69. The van der Waals surface area contributed by atoms with Gasteiger partial charge in [0.2, 0.25) is 5.91 Å². The molecule has 2 aliphatic heterocycles. The zero-order valence-corrected chi connectivity index (χ0v) is 13.5. The fraction of sp³-hybridized carbons (Fsp3) is 0.562. The molecule has 1 saturated heterocycles. The lowest BCUT2D eigenvalue weighted by molar-refractivity contribution is -0.130. The van der Waals surface area contributed by atoms with Crippen LogP contribution in [0.3, 0.4) is 0 Å². The summed E-state index contributed by atoms with van der Waals surface area (Å²) in [6.07, 6.45) is 4.32. The van der Waals surface area contributed by atoms with E-state index >= 15 is 0 Å². The fourth-order valence-electron chi connectivity index (χ4n) is 3.25. The standard InChI is InChI=1S/C16H19BrN2O2/c17-12-7-10-4-6-21-15(10)11(8-12)9-19-5-3-14(16(19)20)18-13-1-2-13/h7-8,13-14,18H,1-6,9H2. The number of nitrogens with one attached hydrogen (secondary N) is 1. The molecular formula is C16H19BrN2O2. The van der Waals surface area contributed by atoms with Crippen LogP contribution < -0.4 is 10.1 Å². The molecule has 1 amide bonds. The van der Waals surface area contributed by atoms with Crippen molar-refractivity contribution >= 4 is 21.8 Å². The first kappa shape index (κ1) is 13.6. The van der Waals surface area contributed by atoms with E-state index in [1.54, 1.807) is 0 Å². The number of ether oxygens (including phenoxy) is 1. The average molecular weight is 351 g/mol. The van der Waals surface area contributed by atoms with E-state index in [4.69, 9.17) is 4.74 Å². The minimum Gasteiger partial charge on any atom is -0.493 e. The molecule has 1 unspecified atom stereocenters. The number of likely N-dealkylation sites (tertiary alicyclic amines) is 1. The molecule has 0 spiro atoms. The molecular weight excluding hydrogens is 332 g/mol. The molecule has 2 fully saturated rings. The number of rotatable bonds is 4. The van der Waals surface area contributed by atoms with Crippen LogP contribution in [0.25, 0.3) is 0 Å². The maximum absolute atomic E-state index is 12.5. The molecule has 0 radical (unpaired) electrons. The van der Waals surface area contributed by atoms with E-state index in [2.05, 4.69) is 33.4 Å². The van der Waals surface area contributed by atoms with Gasteiger partial charge in [-0.2, -0.15) is 0 Å². The van der Waals surface area contributed by atoms with E-state index in [9.17, 15) is 4.79 Å². The number of benzene rings is 1. The molecule has 112 valence electrons. The Bertz CT molecular complexity index is 586. The summed E-state index contributed by atoms with van der Waals surface area (Å²) >= 11 is 3.56. The number of carbonyl (C=O) groups excluding carboxylic acids is 1. The smallest absolute Gasteiger partial charge is 0.240 e. The summed E-state index contributed by atoms with van der Waals surface area (Å²) in [6.45, 7) is 2.24. The first-order valence-corrected chi connectivity index (χ1v) is 8.49. The number of nitrogens with zero attached hydrogens (tertiary/aromatic N) is 1. The molecule has 21 heavy (non-hydrogen) atoms. The lowest BCUT2D eigenvalue weighted by Crippen LogP contribution is -2.39. The Hall–Kier alpha value is -1.07. The molecule has 1 N–H and O–H groups in total.